The summed E-state index contributed by atoms with van der Waals surface area (Å²) in [6, 6.07) is 12.5. The van der Waals surface area contributed by atoms with Crippen molar-refractivity contribution in [2.45, 2.75) is 32.3 Å². The molecular weight excluding hydrogens is 470 g/mol. The molecule has 0 saturated heterocycles. The predicted molar refractivity (Wildman–Crippen MR) is 133 cm³/mol. The summed E-state index contributed by atoms with van der Waals surface area (Å²) >= 11 is 6.45. The highest BCUT2D eigenvalue weighted by Crippen LogP contribution is 2.31. The number of aromatic amines is 1. The predicted octanol–water partition coefficient (Wildman–Crippen LogP) is 4.86. The van der Waals surface area contributed by atoms with E-state index < -0.39 is 6.09 Å². The Balaban J connectivity index is 1.47. The van der Waals surface area contributed by atoms with E-state index in [0.29, 0.717) is 46.3 Å². The van der Waals surface area contributed by atoms with E-state index in [4.69, 9.17) is 16.3 Å². The first-order valence-electron chi connectivity index (χ1n) is 11.0. The van der Waals surface area contributed by atoms with Crippen LogP contribution in [-0.4, -0.2) is 33.1 Å². The number of carbonyl (C=O) groups excluding carboxylic acids is 1. The van der Waals surface area contributed by atoms with Gasteiger partial charge in [-0.1, -0.05) is 24.6 Å². The van der Waals surface area contributed by atoms with Gasteiger partial charge in [-0.3, -0.25) is 15.1 Å². The summed E-state index contributed by atoms with van der Waals surface area (Å²) < 4.78 is 10.4. The van der Waals surface area contributed by atoms with Gasteiger partial charge in [-0.15, -0.1) is 0 Å². The molecule has 4 aromatic rings. The molecular formula is C25H24ClN5O4. The summed E-state index contributed by atoms with van der Waals surface area (Å²) in [7, 11) is 1.28. The molecule has 3 aromatic heterocycles. The largest absolute Gasteiger partial charge is 0.486 e. The molecule has 9 nitrogen and oxygen atoms in total. The SMILES string of the molecule is COC(=O)Nc1ccnc(CC[C@@H](C)c2cc3cc(Cl)c(OCc4ccccn4)cc3[nH]c2=O)n1. The molecule has 0 aliphatic carbocycles. The molecule has 10 heteroatoms. The van der Waals surface area contributed by atoms with Gasteiger partial charge >= 0.3 is 6.09 Å². The maximum atomic E-state index is 12.8. The lowest BCUT2D eigenvalue weighted by Crippen LogP contribution is -2.16. The van der Waals surface area contributed by atoms with Gasteiger partial charge < -0.3 is 14.5 Å². The van der Waals surface area contributed by atoms with E-state index in [9.17, 15) is 9.59 Å². The highest BCUT2D eigenvalue weighted by molar-refractivity contribution is 6.32. The van der Waals surface area contributed by atoms with Crippen LogP contribution in [0.4, 0.5) is 10.6 Å². The Labute approximate surface area is 206 Å². The van der Waals surface area contributed by atoms with Crippen molar-refractivity contribution >= 4 is 34.4 Å². The number of hydrogen-bond donors (Lipinski definition) is 2. The molecule has 0 saturated carbocycles. The lowest BCUT2D eigenvalue weighted by Gasteiger charge is -2.13. The Bertz CT molecular complexity index is 1390. The number of benzene rings is 1. The number of carbonyl (C=O) groups is 1. The second-order valence-electron chi connectivity index (χ2n) is 7.95. The smallest absolute Gasteiger partial charge is 0.412 e. The lowest BCUT2D eigenvalue weighted by atomic mass is 9.96. The standard InChI is InChI=1S/C25H24ClN5O4/c1-15(6-7-22-28-10-8-23(30-22)31-25(33)34-2)18-11-16-12-19(26)21(13-20(16)29-24(18)32)35-14-17-5-3-4-9-27-17/h3-5,8-13,15H,6-7,14H2,1-2H3,(H,29,32)(H,28,30,31,33)/t15-/m1/s1. The summed E-state index contributed by atoms with van der Waals surface area (Å²) in [5.41, 5.74) is 1.87. The van der Waals surface area contributed by atoms with Crippen molar-refractivity contribution < 1.29 is 14.3 Å². The minimum absolute atomic E-state index is 0.0668. The molecule has 4 rings (SSSR count). The summed E-state index contributed by atoms with van der Waals surface area (Å²) in [6.45, 7) is 2.24. The molecule has 0 unspecified atom stereocenters. The lowest BCUT2D eigenvalue weighted by molar-refractivity contribution is 0.187. The highest BCUT2D eigenvalue weighted by atomic mass is 35.5. The molecule has 180 valence electrons. The number of nitrogens with zero attached hydrogens (tertiary/aromatic N) is 3. The van der Waals surface area contributed by atoms with Crippen LogP contribution in [-0.2, 0) is 17.8 Å². The first-order chi connectivity index (χ1) is 16.9. The third-order valence-electron chi connectivity index (χ3n) is 5.48. The monoisotopic (exact) mass is 493 g/mol. The summed E-state index contributed by atoms with van der Waals surface area (Å²) in [5, 5.41) is 3.77. The minimum Gasteiger partial charge on any atom is -0.486 e. The third-order valence-corrected chi connectivity index (χ3v) is 5.78. The van der Waals surface area contributed by atoms with Crippen molar-refractivity contribution in [3.05, 3.63) is 87.3 Å². The molecule has 0 spiro atoms. The third kappa shape index (κ3) is 6.13. The molecule has 0 fully saturated rings. The van der Waals surface area contributed by atoms with Crippen LogP contribution < -0.4 is 15.6 Å². The number of pyridine rings is 2. The molecule has 3 heterocycles. The van der Waals surface area contributed by atoms with Crippen LogP contribution in [0.15, 0.2) is 59.7 Å². The summed E-state index contributed by atoms with van der Waals surface area (Å²) in [6.07, 6.45) is 3.82. The van der Waals surface area contributed by atoms with Crippen molar-refractivity contribution in [2.24, 2.45) is 0 Å². The molecule has 1 atom stereocenters. The number of aryl methyl sites for hydroxylation is 1. The van der Waals surface area contributed by atoms with Gasteiger partial charge in [0.2, 0.25) is 0 Å². The molecule has 0 bridgehead atoms. The van der Waals surface area contributed by atoms with Crippen molar-refractivity contribution in [3.8, 4) is 5.75 Å². The van der Waals surface area contributed by atoms with E-state index in [2.05, 4.69) is 30.0 Å². The Hall–Kier alpha value is -3.98. The second kappa shape index (κ2) is 11.0. The number of rotatable bonds is 8. The molecule has 0 radical (unpaired) electrons. The molecule has 0 aliphatic heterocycles. The van der Waals surface area contributed by atoms with E-state index in [0.717, 1.165) is 11.1 Å². The number of ether oxygens (including phenoxy) is 2. The summed E-state index contributed by atoms with van der Waals surface area (Å²) in [4.78, 5) is 40.0. The van der Waals surface area contributed by atoms with Crippen LogP contribution in [0.25, 0.3) is 10.9 Å². The summed E-state index contributed by atoms with van der Waals surface area (Å²) in [5.74, 6) is 1.32. The zero-order valence-corrected chi connectivity index (χ0v) is 20.0. The number of nitrogens with one attached hydrogen (secondary N) is 2. The molecule has 1 amide bonds. The van der Waals surface area contributed by atoms with Gasteiger partial charge in [-0.25, -0.2) is 14.8 Å². The van der Waals surface area contributed by atoms with Crippen LogP contribution in [0.1, 0.15) is 36.3 Å². The Kier molecular flexibility index (Phi) is 7.57. The normalized spacial score (nSPS) is 11.7. The van der Waals surface area contributed by atoms with E-state index >= 15 is 0 Å². The molecule has 35 heavy (non-hydrogen) atoms. The van der Waals surface area contributed by atoms with E-state index in [1.807, 2.05) is 31.2 Å². The highest BCUT2D eigenvalue weighted by Gasteiger charge is 2.15. The van der Waals surface area contributed by atoms with E-state index in [-0.39, 0.29) is 18.1 Å². The van der Waals surface area contributed by atoms with Crippen LogP contribution in [0.2, 0.25) is 5.02 Å². The zero-order chi connectivity index (χ0) is 24.8. The number of halogens is 1. The van der Waals surface area contributed by atoms with Crippen LogP contribution in [0.3, 0.4) is 0 Å². The Morgan fingerprint density at radius 3 is 2.80 bits per heavy atom. The molecule has 1 aromatic carbocycles. The van der Waals surface area contributed by atoms with Gasteiger partial charge in [0.15, 0.2) is 0 Å². The van der Waals surface area contributed by atoms with Gasteiger partial charge in [-0.2, -0.15) is 0 Å². The van der Waals surface area contributed by atoms with E-state index in [1.54, 1.807) is 30.6 Å². The number of H-pyrrole nitrogens is 1. The zero-order valence-electron chi connectivity index (χ0n) is 19.2. The van der Waals surface area contributed by atoms with Gasteiger partial charge in [0.05, 0.1) is 23.3 Å². The van der Waals surface area contributed by atoms with Gasteiger partial charge in [0.25, 0.3) is 5.56 Å². The maximum absolute atomic E-state index is 12.8. The fourth-order valence-corrected chi connectivity index (χ4v) is 3.81. The van der Waals surface area contributed by atoms with Crippen LogP contribution in [0.5, 0.6) is 5.75 Å². The quantitative estimate of drug-likeness (QED) is 0.359. The average molecular weight is 494 g/mol. The molecule has 0 aliphatic rings. The molecule has 2 N–H and O–H groups in total. The number of amides is 1. The average Bonchev–Trinajstić information content (AvgIpc) is 2.86. The van der Waals surface area contributed by atoms with Crippen molar-refractivity contribution in [1.82, 2.24) is 19.9 Å². The second-order valence-corrected chi connectivity index (χ2v) is 8.36. The van der Waals surface area contributed by atoms with Crippen LogP contribution in [0, 0.1) is 0 Å². The van der Waals surface area contributed by atoms with Crippen molar-refractivity contribution in [2.75, 3.05) is 12.4 Å². The number of hydrogen-bond acceptors (Lipinski definition) is 7. The Morgan fingerprint density at radius 2 is 2.03 bits per heavy atom. The van der Waals surface area contributed by atoms with Crippen LogP contribution >= 0.6 is 11.6 Å². The maximum Gasteiger partial charge on any atom is 0.412 e. The van der Waals surface area contributed by atoms with E-state index in [1.165, 1.54) is 7.11 Å². The Morgan fingerprint density at radius 1 is 1.17 bits per heavy atom. The van der Waals surface area contributed by atoms with Gasteiger partial charge in [-0.05, 0) is 42.7 Å². The minimum atomic E-state index is -0.602. The van der Waals surface area contributed by atoms with Gasteiger partial charge in [0.1, 0.15) is 24.0 Å². The fourth-order valence-electron chi connectivity index (χ4n) is 3.58. The number of anilines is 1. The topological polar surface area (TPSA) is 119 Å². The first-order valence-corrected chi connectivity index (χ1v) is 11.4. The number of fused-ring (bicyclic) bond motifs is 1. The fraction of sp³-hybridized carbons (Fsp3) is 0.240. The number of aromatic nitrogens is 4. The van der Waals surface area contributed by atoms with Crippen molar-refractivity contribution in [1.29, 1.82) is 0 Å². The van der Waals surface area contributed by atoms with Gasteiger partial charge in [0, 0.05) is 35.8 Å². The first kappa shape index (κ1) is 24.2. The van der Waals surface area contributed by atoms with Crippen molar-refractivity contribution in [3.63, 3.8) is 0 Å². The number of methoxy groups -OCH3 is 1.